The van der Waals surface area contributed by atoms with Gasteiger partial charge in [0.2, 0.25) is 0 Å². The van der Waals surface area contributed by atoms with Gasteiger partial charge in [0.05, 0.1) is 26.4 Å². The SMILES string of the molecule is CCC(C)CCCCCCCCCCC(=O)O[C@H](COC(=O)CCCCCCCCCC(C)C)COP(=O)(O)OCC(O)COP(=O)(O)OC[C@@H](COC(=O)CCCCCCCCC(C)C)OC(=O)CCCCCCCCCCCC(C)C. The van der Waals surface area contributed by atoms with Crippen LogP contribution in [0.1, 0.15) is 306 Å². The number of esters is 4. The summed E-state index contributed by atoms with van der Waals surface area (Å²) in [4.78, 5) is 72.2. The van der Waals surface area contributed by atoms with Crippen LogP contribution in [0.15, 0.2) is 0 Å². The first-order chi connectivity index (χ1) is 39.6. The number of rotatable bonds is 61. The van der Waals surface area contributed by atoms with Crippen molar-refractivity contribution in [3.8, 4) is 0 Å². The molecule has 0 aromatic rings. The first kappa shape index (κ1) is 81.1. The summed E-state index contributed by atoms with van der Waals surface area (Å²) in [5.41, 5.74) is 0. The van der Waals surface area contributed by atoms with Gasteiger partial charge in [-0.1, -0.05) is 254 Å². The fourth-order valence-electron chi connectivity index (χ4n) is 9.40. The van der Waals surface area contributed by atoms with E-state index in [9.17, 15) is 43.2 Å². The molecule has 0 bridgehead atoms. The molecule has 0 aliphatic rings. The Hall–Kier alpha value is -1.94. The average molecular weight is 1230 g/mol. The van der Waals surface area contributed by atoms with E-state index >= 15 is 0 Å². The van der Waals surface area contributed by atoms with E-state index in [4.69, 9.17) is 37.0 Å². The summed E-state index contributed by atoms with van der Waals surface area (Å²) < 4.78 is 68.0. The van der Waals surface area contributed by atoms with Crippen LogP contribution in [-0.4, -0.2) is 96.7 Å². The Morgan fingerprint density at radius 2 is 0.578 bits per heavy atom. The number of carbonyl (C=O) groups is 4. The average Bonchev–Trinajstić information content (AvgIpc) is 3.45. The Morgan fingerprint density at radius 1 is 0.337 bits per heavy atom. The molecule has 0 spiro atoms. The fraction of sp³-hybridized carbons (Fsp3) is 0.938. The van der Waals surface area contributed by atoms with Crippen molar-refractivity contribution in [3.05, 3.63) is 0 Å². The quantitative estimate of drug-likeness (QED) is 0.0222. The maximum Gasteiger partial charge on any atom is 0.472 e. The predicted molar refractivity (Wildman–Crippen MR) is 331 cm³/mol. The molecule has 0 rings (SSSR count). The molecule has 83 heavy (non-hydrogen) atoms. The van der Waals surface area contributed by atoms with Gasteiger partial charge in [-0.25, -0.2) is 9.13 Å². The minimum absolute atomic E-state index is 0.103. The lowest BCUT2D eigenvalue weighted by atomic mass is 9.99. The second kappa shape index (κ2) is 54.2. The molecule has 492 valence electrons. The molecule has 0 fully saturated rings. The van der Waals surface area contributed by atoms with Gasteiger partial charge in [0.25, 0.3) is 0 Å². The lowest BCUT2D eigenvalue weighted by molar-refractivity contribution is -0.161. The zero-order valence-electron chi connectivity index (χ0n) is 53.8. The van der Waals surface area contributed by atoms with Crippen LogP contribution in [0, 0.1) is 23.7 Å². The summed E-state index contributed by atoms with van der Waals surface area (Å²) in [6.07, 6.45) is 33.6. The highest BCUT2D eigenvalue weighted by Crippen LogP contribution is 2.45. The molecule has 0 saturated carbocycles. The fourth-order valence-corrected chi connectivity index (χ4v) is 11.0. The van der Waals surface area contributed by atoms with E-state index in [-0.39, 0.29) is 25.7 Å². The van der Waals surface area contributed by atoms with Crippen LogP contribution in [0.2, 0.25) is 0 Å². The van der Waals surface area contributed by atoms with Crippen molar-refractivity contribution in [2.45, 2.75) is 324 Å². The number of hydrogen-bond donors (Lipinski definition) is 3. The third-order valence-electron chi connectivity index (χ3n) is 14.9. The molecule has 17 nitrogen and oxygen atoms in total. The Kier molecular flexibility index (Phi) is 53.0. The van der Waals surface area contributed by atoms with Crippen molar-refractivity contribution in [2.24, 2.45) is 23.7 Å². The van der Waals surface area contributed by atoms with E-state index in [1.807, 2.05) is 0 Å². The lowest BCUT2D eigenvalue weighted by Crippen LogP contribution is -2.30. The Balaban J connectivity index is 5.26. The van der Waals surface area contributed by atoms with Crippen LogP contribution in [0.5, 0.6) is 0 Å². The first-order valence-electron chi connectivity index (χ1n) is 33.2. The van der Waals surface area contributed by atoms with Gasteiger partial charge >= 0.3 is 39.5 Å². The van der Waals surface area contributed by atoms with Gasteiger partial charge in [-0.2, -0.15) is 0 Å². The first-order valence-corrected chi connectivity index (χ1v) is 36.2. The van der Waals surface area contributed by atoms with Crippen molar-refractivity contribution in [1.82, 2.24) is 0 Å². The van der Waals surface area contributed by atoms with Crippen LogP contribution < -0.4 is 0 Å². The summed E-state index contributed by atoms with van der Waals surface area (Å²) >= 11 is 0. The number of aliphatic hydroxyl groups excluding tert-OH is 1. The molecule has 0 heterocycles. The van der Waals surface area contributed by atoms with Gasteiger partial charge in [-0.05, 0) is 49.4 Å². The van der Waals surface area contributed by atoms with Gasteiger partial charge in [-0.15, -0.1) is 0 Å². The molecular weight excluding hydrogens is 1100 g/mol. The summed E-state index contributed by atoms with van der Waals surface area (Å²) in [7, 11) is -9.89. The van der Waals surface area contributed by atoms with Crippen LogP contribution >= 0.6 is 15.6 Å². The van der Waals surface area contributed by atoms with Crippen LogP contribution in [0.25, 0.3) is 0 Å². The standard InChI is InChI=1S/C64H124O17P2/c1-9-57(8)43-35-27-18-13-14-20-31-39-47-64(69)81-59(50-74-61(66)44-36-28-21-15-17-25-33-41-55(4)5)52-78-82(70,71)76-48-58(65)49-77-83(72,73)79-53-60(51-75-62(67)45-37-29-23-22-26-34-42-56(6)7)80-63(68)46-38-30-19-12-10-11-16-24-32-40-54(2)3/h54-60,65H,9-53H2,1-8H3,(H,70,71)(H,72,73)/t57?,58?,59-,60-/m1/s1. The van der Waals surface area contributed by atoms with E-state index in [1.54, 1.807) is 0 Å². The highest BCUT2D eigenvalue weighted by molar-refractivity contribution is 7.47. The third-order valence-corrected chi connectivity index (χ3v) is 16.8. The van der Waals surface area contributed by atoms with Crippen LogP contribution in [-0.2, 0) is 65.4 Å². The molecule has 4 unspecified atom stereocenters. The maximum absolute atomic E-state index is 13.0. The largest absolute Gasteiger partial charge is 0.472 e. The molecule has 19 heteroatoms. The number of phosphoric ester groups is 2. The van der Waals surface area contributed by atoms with Crippen LogP contribution in [0.3, 0.4) is 0 Å². The zero-order valence-corrected chi connectivity index (χ0v) is 55.6. The topological polar surface area (TPSA) is 237 Å². The monoisotopic (exact) mass is 1230 g/mol. The minimum Gasteiger partial charge on any atom is -0.462 e. The number of phosphoric acid groups is 2. The summed E-state index contributed by atoms with van der Waals surface area (Å²) in [5.74, 6) is 0.748. The molecule has 0 aromatic heterocycles. The van der Waals surface area contributed by atoms with E-state index in [0.29, 0.717) is 37.5 Å². The molecule has 6 atom stereocenters. The number of ether oxygens (including phenoxy) is 4. The third kappa shape index (κ3) is 57.6. The summed E-state index contributed by atoms with van der Waals surface area (Å²) in [5, 5.41) is 10.5. The summed E-state index contributed by atoms with van der Waals surface area (Å²) in [6.45, 7) is 13.9. The van der Waals surface area contributed by atoms with E-state index < -0.39 is 97.5 Å². The Labute approximate surface area is 505 Å². The van der Waals surface area contributed by atoms with E-state index in [0.717, 1.165) is 115 Å². The number of unbranched alkanes of at least 4 members (excludes halogenated alkanes) is 26. The van der Waals surface area contributed by atoms with E-state index in [1.165, 1.54) is 96.3 Å². The van der Waals surface area contributed by atoms with Gasteiger partial charge in [-0.3, -0.25) is 37.3 Å². The molecule has 0 radical (unpaired) electrons. The molecule has 0 aliphatic heterocycles. The Bertz CT molecular complexity index is 1660. The van der Waals surface area contributed by atoms with Gasteiger partial charge in [0.1, 0.15) is 19.3 Å². The molecule has 0 aromatic carbocycles. The van der Waals surface area contributed by atoms with Crippen molar-refractivity contribution in [1.29, 1.82) is 0 Å². The highest BCUT2D eigenvalue weighted by Gasteiger charge is 2.30. The van der Waals surface area contributed by atoms with Gasteiger partial charge < -0.3 is 33.8 Å². The maximum atomic E-state index is 13.0. The number of hydrogen-bond acceptors (Lipinski definition) is 15. The zero-order chi connectivity index (χ0) is 61.8. The van der Waals surface area contributed by atoms with Crippen LogP contribution in [0.4, 0.5) is 0 Å². The van der Waals surface area contributed by atoms with E-state index in [2.05, 4.69) is 55.4 Å². The lowest BCUT2D eigenvalue weighted by Gasteiger charge is -2.21. The normalized spacial score (nSPS) is 14.8. The Morgan fingerprint density at radius 3 is 0.855 bits per heavy atom. The second-order valence-electron chi connectivity index (χ2n) is 24.8. The van der Waals surface area contributed by atoms with Gasteiger partial charge in [0, 0.05) is 25.7 Å². The van der Waals surface area contributed by atoms with Crippen molar-refractivity contribution in [3.63, 3.8) is 0 Å². The molecular formula is C64H124O17P2. The molecule has 0 amide bonds. The highest BCUT2D eigenvalue weighted by atomic mass is 31.2. The molecule has 3 N–H and O–H groups in total. The van der Waals surface area contributed by atoms with Crippen molar-refractivity contribution in [2.75, 3.05) is 39.6 Å². The molecule has 0 saturated heterocycles. The smallest absolute Gasteiger partial charge is 0.462 e. The molecule has 0 aliphatic carbocycles. The predicted octanol–water partition coefficient (Wildman–Crippen LogP) is 17.4. The van der Waals surface area contributed by atoms with Crippen molar-refractivity contribution < 1.29 is 80.2 Å². The summed E-state index contributed by atoms with van der Waals surface area (Å²) in [6, 6.07) is 0. The number of carbonyl (C=O) groups excluding carboxylic acids is 4. The minimum atomic E-state index is -4.95. The van der Waals surface area contributed by atoms with Gasteiger partial charge in [0.15, 0.2) is 12.2 Å². The number of aliphatic hydroxyl groups is 1. The second-order valence-corrected chi connectivity index (χ2v) is 27.7. The van der Waals surface area contributed by atoms with Crippen molar-refractivity contribution >= 4 is 39.5 Å².